The van der Waals surface area contributed by atoms with Gasteiger partial charge in [0.25, 0.3) is 0 Å². The van der Waals surface area contributed by atoms with Crippen LogP contribution in [0, 0.1) is 5.92 Å². The number of carbonyl (C=O) groups excluding carboxylic acids is 1. The Kier molecular flexibility index (Phi) is 9.42. The highest BCUT2D eigenvalue weighted by atomic mass is 35.5. The molecule has 1 aromatic rings. The monoisotopic (exact) mass is 389 g/mol. The van der Waals surface area contributed by atoms with Gasteiger partial charge in [-0.25, -0.2) is 12.7 Å². The van der Waals surface area contributed by atoms with Gasteiger partial charge in [0.05, 0.1) is 11.7 Å². The number of nitrogens with zero attached hydrogens (tertiary/aromatic N) is 1. The quantitative estimate of drug-likeness (QED) is 0.659. The fourth-order valence-electron chi connectivity index (χ4n) is 2.91. The highest BCUT2D eigenvalue weighted by Crippen LogP contribution is 2.21. The molecule has 0 spiro atoms. The number of nitrogens with one attached hydrogen (secondary N) is 1. The van der Waals surface area contributed by atoms with Gasteiger partial charge >= 0.3 is 0 Å². The highest BCUT2D eigenvalue weighted by molar-refractivity contribution is 7.88. The van der Waals surface area contributed by atoms with Gasteiger partial charge in [0.1, 0.15) is 0 Å². The van der Waals surface area contributed by atoms with Crippen molar-refractivity contribution < 1.29 is 13.2 Å². The molecule has 0 aromatic heterocycles. The lowest BCUT2D eigenvalue weighted by Crippen LogP contribution is -2.45. The highest BCUT2D eigenvalue weighted by Gasteiger charge is 2.32. The standard InChI is InChI=1S/C17H27N3O3S.ClH/c18-10-4-5-11-19-17(21)16-9-6-12-20(13-16)24(22,23)14-15-7-2-1-3-8-15;/h1-3,7-8,16H,4-6,9-14,18H2,(H,19,21);1H. The van der Waals surface area contributed by atoms with Gasteiger partial charge in [-0.3, -0.25) is 4.79 Å². The molecule has 1 aliphatic rings. The summed E-state index contributed by atoms with van der Waals surface area (Å²) >= 11 is 0. The Morgan fingerprint density at radius 2 is 1.96 bits per heavy atom. The number of halogens is 1. The van der Waals surface area contributed by atoms with Crippen LogP contribution in [-0.4, -0.2) is 44.8 Å². The fourth-order valence-corrected chi connectivity index (χ4v) is 4.52. The van der Waals surface area contributed by atoms with Crippen molar-refractivity contribution in [3.8, 4) is 0 Å². The summed E-state index contributed by atoms with van der Waals surface area (Å²) in [6.45, 7) is 1.98. The number of rotatable bonds is 8. The maximum Gasteiger partial charge on any atom is 0.224 e. The number of carbonyl (C=O) groups is 1. The molecule has 2 rings (SSSR count). The zero-order valence-corrected chi connectivity index (χ0v) is 16.0. The summed E-state index contributed by atoms with van der Waals surface area (Å²) in [5, 5.41) is 2.89. The van der Waals surface area contributed by atoms with Gasteiger partial charge in [0.15, 0.2) is 0 Å². The van der Waals surface area contributed by atoms with Crippen molar-refractivity contribution in [1.29, 1.82) is 0 Å². The van der Waals surface area contributed by atoms with Crippen molar-refractivity contribution >= 4 is 28.3 Å². The van der Waals surface area contributed by atoms with Crippen LogP contribution in [0.1, 0.15) is 31.2 Å². The van der Waals surface area contributed by atoms with E-state index < -0.39 is 10.0 Å². The molecule has 0 aliphatic carbocycles. The maximum atomic E-state index is 12.6. The Bertz CT molecular complexity index is 625. The second-order valence-electron chi connectivity index (χ2n) is 6.23. The number of unbranched alkanes of at least 4 members (excludes halogenated alkanes) is 1. The number of hydrogen-bond donors (Lipinski definition) is 2. The minimum absolute atomic E-state index is 0. The average Bonchev–Trinajstić information content (AvgIpc) is 2.59. The van der Waals surface area contributed by atoms with E-state index in [-0.39, 0.29) is 36.5 Å². The Balaban J connectivity index is 0.00000312. The third kappa shape index (κ3) is 6.93. The van der Waals surface area contributed by atoms with E-state index in [1.807, 2.05) is 30.3 Å². The predicted octanol–water partition coefficient (Wildman–Crippen LogP) is 1.51. The number of nitrogens with two attached hydrogens (primary N) is 1. The third-order valence-corrected chi connectivity index (χ3v) is 6.09. The van der Waals surface area contributed by atoms with Crippen molar-refractivity contribution in [3.05, 3.63) is 35.9 Å². The van der Waals surface area contributed by atoms with E-state index in [2.05, 4.69) is 5.32 Å². The van der Waals surface area contributed by atoms with Gasteiger partial charge in [0, 0.05) is 19.6 Å². The number of benzene rings is 1. The molecule has 1 aliphatic heterocycles. The average molecular weight is 390 g/mol. The molecule has 1 fully saturated rings. The largest absolute Gasteiger partial charge is 0.356 e. The van der Waals surface area contributed by atoms with Crippen molar-refractivity contribution in [2.75, 3.05) is 26.2 Å². The molecule has 0 bridgehead atoms. The first-order valence-electron chi connectivity index (χ1n) is 8.52. The van der Waals surface area contributed by atoms with Gasteiger partial charge in [0.2, 0.25) is 15.9 Å². The predicted molar refractivity (Wildman–Crippen MR) is 102 cm³/mol. The lowest BCUT2D eigenvalue weighted by atomic mass is 9.99. The second-order valence-corrected chi connectivity index (χ2v) is 8.19. The third-order valence-electron chi connectivity index (χ3n) is 4.27. The van der Waals surface area contributed by atoms with Gasteiger partial charge < -0.3 is 11.1 Å². The van der Waals surface area contributed by atoms with Crippen LogP contribution in [0.15, 0.2) is 30.3 Å². The molecule has 25 heavy (non-hydrogen) atoms. The van der Waals surface area contributed by atoms with Crippen LogP contribution in [0.5, 0.6) is 0 Å². The Morgan fingerprint density at radius 3 is 2.64 bits per heavy atom. The molecule has 142 valence electrons. The molecule has 1 aromatic carbocycles. The number of hydrogen-bond acceptors (Lipinski definition) is 4. The Labute approximate surface area is 156 Å². The number of sulfonamides is 1. The summed E-state index contributed by atoms with van der Waals surface area (Å²) in [4.78, 5) is 12.2. The van der Waals surface area contributed by atoms with Crippen LogP contribution in [0.25, 0.3) is 0 Å². The molecule has 1 unspecified atom stereocenters. The van der Waals surface area contributed by atoms with Crippen LogP contribution in [0.2, 0.25) is 0 Å². The first kappa shape index (κ1) is 21.9. The van der Waals surface area contributed by atoms with Crippen molar-refractivity contribution in [2.24, 2.45) is 11.7 Å². The minimum atomic E-state index is -3.40. The summed E-state index contributed by atoms with van der Waals surface area (Å²) in [5.74, 6) is -0.326. The maximum absolute atomic E-state index is 12.6. The van der Waals surface area contributed by atoms with E-state index in [0.717, 1.165) is 31.2 Å². The molecule has 3 N–H and O–H groups in total. The molecule has 1 saturated heterocycles. The minimum Gasteiger partial charge on any atom is -0.356 e. The van der Waals surface area contributed by atoms with E-state index in [1.54, 1.807) is 0 Å². The molecular formula is C17H28ClN3O3S. The van der Waals surface area contributed by atoms with Gasteiger partial charge in [-0.2, -0.15) is 0 Å². The van der Waals surface area contributed by atoms with Crippen molar-refractivity contribution in [1.82, 2.24) is 9.62 Å². The molecular weight excluding hydrogens is 362 g/mol. The lowest BCUT2D eigenvalue weighted by molar-refractivity contribution is -0.126. The van der Waals surface area contributed by atoms with Crippen LogP contribution in [0.3, 0.4) is 0 Å². The van der Waals surface area contributed by atoms with Gasteiger partial charge in [-0.05, 0) is 37.8 Å². The zero-order valence-electron chi connectivity index (χ0n) is 14.4. The molecule has 6 nitrogen and oxygen atoms in total. The molecule has 0 radical (unpaired) electrons. The van der Waals surface area contributed by atoms with E-state index >= 15 is 0 Å². The Morgan fingerprint density at radius 1 is 1.24 bits per heavy atom. The summed E-state index contributed by atoms with van der Waals surface area (Å²) in [7, 11) is -3.40. The Hall–Kier alpha value is -1.15. The van der Waals surface area contributed by atoms with Crippen molar-refractivity contribution in [3.63, 3.8) is 0 Å². The first-order chi connectivity index (χ1) is 11.5. The van der Waals surface area contributed by atoms with E-state index in [4.69, 9.17) is 5.73 Å². The smallest absolute Gasteiger partial charge is 0.224 e. The van der Waals surface area contributed by atoms with Crippen LogP contribution < -0.4 is 11.1 Å². The van der Waals surface area contributed by atoms with Gasteiger partial charge in [-0.1, -0.05) is 30.3 Å². The fraction of sp³-hybridized carbons (Fsp3) is 0.588. The SMILES string of the molecule is Cl.NCCCCNC(=O)C1CCCN(S(=O)(=O)Cc2ccccc2)C1. The molecule has 8 heteroatoms. The van der Waals surface area contributed by atoms with Crippen LogP contribution in [-0.2, 0) is 20.6 Å². The summed E-state index contributed by atoms with van der Waals surface area (Å²) < 4.78 is 26.7. The summed E-state index contributed by atoms with van der Waals surface area (Å²) in [6, 6.07) is 9.14. The van der Waals surface area contributed by atoms with Gasteiger partial charge in [-0.15, -0.1) is 12.4 Å². The van der Waals surface area contributed by atoms with Crippen LogP contribution in [0.4, 0.5) is 0 Å². The first-order valence-corrected chi connectivity index (χ1v) is 10.1. The zero-order chi connectivity index (χ0) is 17.4. The van der Waals surface area contributed by atoms with E-state index in [0.29, 0.717) is 19.6 Å². The molecule has 1 heterocycles. The van der Waals surface area contributed by atoms with Crippen molar-refractivity contribution in [2.45, 2.75) is 31.4 Å². The lowest BCUT2D eigenvalue weighted by Gasteiger charge is -2.31. The van der Waals surface area contributed by atoms with E-state index in [1.165, 1.54) is 4.31 Å². The second kappa shape index (κ2) is 10.8. The van der Waals surface area contributed by atoms with E-state index in [9.17, 15) is 13.2 Å². The molecule has 1 amide bonds. The number of amides is 1. The molecule has 1 atom stereocenters. The topological polar surface area (TPSA) is 92.5 Å². The number of piperidine rings is 1. The normalized spacial score (nSPS) is 18.4. The summed E-state index contributed by atoms with van der Waals surface area (Å²) in [6.07, 6.45) is 3.18. The van der Waals surface area contributed by atoms with Crippen LogP contribution >= 0.6 is 12.4 Å². The summed E-state index contributed by atoms with van der Waals surface area (Å²) in [5.41, 5.74) is 6.20. The molecule has 0 saturated carbocycles.